The van der Waals surface area contributed by atoms with Gasteiger partial charge in [-0.25, -0.2) is 14.2 Å². The summed E-state index contributed by atoms with van der Waals surface area (Å²) >= 11 is 0. The first-order chi connectivity index (χ1) is 12.6. The van der Waals surface area contributed by atoms with Gasteiger partial charge in [0.05, 0.1) is 5.69 Å². The van der Waals surface area contributed by atoms with Gasteiger partial charge < -0.3 is 9.26 Å². The third kappa shape index (κ3) is 2.95. The van der Waals surface area contributed by atoms with E-state index < -0.39 is 5.97 Å². The van der Waals surface area contributed by atoms with Gasteiger partial charge in [-0.05, 0) is 43.3 Å². The largest absolute Gasteiger partial charge is 0.454 e. The molecule has 0 fully saturated rings. The maximum Gasteiger partial charge on any atom is 0.357 e. The van der Waals surface area contributed by atoms with Crippen LogP contribution in [0, 0.1) is 12.7 Å². The van der Waals surface area contributed by atoms with Gasteiger partial charge in [0.25, 0.3) is 0 Å². The van der Waals surface area contributed by atoms with E-state index in [4.69, 9.17) is 9.26 Å². The zero-order valence-corrected chi connectivity index (χ0v) is 13.8. The summed E-state index contributed by atoms with van der Waals surface area (Å²) in [5.74, 6) is -0.347. The van der Waals surface area contributed by atoms with E-state index in [0.717, 1.165) is 0 Å². The number of aromatic nitrogens is 3. The van der Waals surface area contributed by atoms with Crippen molar-refractivity contribution in [3.63, 3.8) is 0 Å². The SMILES string of the molecule is Cc1nc2ccccn2c1C(=O)OCc1cc(-c2ccc(F)cc2)on1. The van der Waals surface area contributed by atoms with Gasteiger partial charge in [-0.3, -0.25) is 4.40 Å². The number of nitrogens with zero attached hydrogens (tertiary/aromatic N) is 3. The summed E-state index contributed by atoms with van der Waals surface area (Å²) in [7, 11) is 0. The van der Waals surface area contributed by atoms with E-state index >= 15 is 0 Å². The monoisotopic (exact) mass is 351 g/mol. The van der Waals surface area contributed by atoms with Crippen LogP contribution < -0.4 is 0 Å². The molecule has 0 atom stereocenters. The quantitative estimate of drug-likeness (QED) is 0.523. The van der Waals surface area contributed by atoms with Gasteiger partial charge in [-0.2, -0.15) is 0 Å². The highest BCUT2D eigenvalue weighted by atomic mass is 19.1. The van der Waals surface area contributed by atoms with Crippen molar-refractivity contribution in [2.24, 2.45) is 0 Å². The molecule has 0 aliphatic heterocycles. The number of rotatable bonds is 4. The van der Waals surface area contributed by atoms with Gasteiger partial charge in [-0.15, -0.1) is 0 Å². The van der Waals surface area contributed by atoms with Crippen molar-refractivity contribution in [2.45, 2.75) is 13.5 Å². The molecule has 0 amide bonds. The number of carbonyl (C=O) groups excluding carboxylic acids is 1. The van der Waals surface area contributed by atoms with E-state index in [-0.39, 0.29) is 12.4 Å². The first-order valence-electron chi connectivity index (χ1n) is 7.94. The maximum absolute atomic E-state index is 13.0. The Bertz CT molecular complexity index is 1080. The van der Waals surface area contributed by atoms with Crippen molar-refractivity contribution in [1.29, 1.82) is 0 Å². The van der Waals surface area contributed by atoms with E-state index in [1.807, 2.05) is 18.2 Å². The molecule has 0 unspecified atom stereocenters. The molecule has 4 aromatic rings. The van der Waals surface area contributed by atoms with E-state index in [2.05, 4.69) is 10.1 Å². The van der Waals surface area contributed by atoms with Crippen molar-refractivity contribution < 1.29 is 18.4 Å². The fourth-order valence-electron chi connectivity index (χ4n) is 2.70. The maximum atomic E-state index is 13.0. The van der Waals surface area contributed by atoms with Crippen LogP contribution in [0.5, 0.6) is 0 Å². The van der Waals surface area contributed by atoms with Crippen LogP contribution in [0.4, 0.5) is 4.39 Å². The van der Waals surface area contributed by atoms with Crippen LogP contribution in [-0.2, 0) is 11.3 Å². The molecule has 0 saturated carbocycles. The molecule has 0 bridgehead atoms. The molecule has 4 rings (SSSR count). The first-order valence-corrected chi connectivity index (χ1v) is 7.94. The highest BCUT2D eigenvalue weighted by Crippen LogP contribution is 2.21. The highest BCUT2D eigenvalue weighted by Gasteiger charge is 2.18. The fraction of sp³-hybridized carbons (Fsp3) is 0.105. The number of esters is 1. The summed E-state index contributed by atoms with van der Waals surface area (Å²) in [4.78, 5) is 16.8. The lowest BCUT2D eigenvalue weighted by atomic mass is 10.1. The molecule has 26 heavy (non-hydrogen) atoms. The Kier molecular flexibility index (Phi) is 3.96. The van der Waals surface area contributed by atoms with Crippen LogP contribution in [0.3, 0.4) is 0 Å². The lowest BCUT2D eigenvalue weighted by Gasteiger charge is -2.03. The summed E-state index contributed by atoms with van der Waals surface area (Å²) in [5, 5.41) is 3.88. The van der Waals surface area contributed by atoms with Crippen molar-refractivity contribution in [1.82, 2.24) is 14.5 Å². The first kappa shape index (κ1) is 16.0. The van der Waals surface area contributed by atoms with Crippen LogP contribution in [0.15, 0.2) is 59.3 Å². The molecular formula is C19H14FN3O3. The van der Waals surface area contributed by atoms with Crippen LogP contribution >= 0.6 is 0 Å². The molecule has 3 heterocycles. The molecule has 7 heteroatoms. The normalized spacial score (nSPS) is 11.0. The lowest BCUT2D eigenvalue weighted by molar-refractivity contribution is 0.0455. The van der Waals surface area contributed by atoms with Crippen molar-refractivity contribution in [3.05, 3.63) is 77.6 Å². The Morgan fingerprint density at radius 2 is 2.04 bits per heavy atom. The molecule has 6 nitrogen and oxygen atoms in total. The highest BCUT2D eigenvalue weighted by molar-refractivity contribution is 5.90. The second-order valence-corrected chi connectivity index (χ2v) is 5.74. The van der Waals surface area contributed by atoms with E-state index in [0.29, 0.717) is 34.1 Å². The second kappa shape index (κ2) is 6.44. The minimum Gasteiger partial charge on any atom is -0.454 e. The van der Waals surface area contributed by atoms with Crippen LogP contribution in [-0.4, -0.2) is 20.5 Å². The van der Waals surface area contributed by atoms with Crippen molar-refractivity contribution in [2.75, 3.05) is 0 Å². The Morgan fingerprint density at radius 3 is 2.85 bits per heavy atom. The van der Waals surface area contributed by atoms with E-state index in [1.54, 1.807) is 35.7 Å². The van der Waals surface area contributed by atoms with Gasteiger partial charge in [0, 0.05) is 17.8 Å². The van der Waals surface area contributed by atoms with Gasteiger partial charge in [-0.1, -0.05) is 11.2 Å². The number of pyridine rings is 1. The Morgan fingerprint density at radius 1 is 1.23 bits per heavy atom. The van der Waals surface area contributed by atoms with Gasteiger partial charge in [0.15, 0.2) is 11.5 Å². The predicted octanol–water partition coefficient (Wildman–Crippen LogP) is 3.79. The smallest absolute Gasteiger partial charge is 0.357 e. The summed E-state index contributed by atoms with van der Waals surface area (Å²) in [6.07, 6.45) is 1.76. The topological polar surface area (TPSA) is 69.6 Å². The number of halogens is 1. The predicted molar refractivity (Wildman–Crippen MR) is 90.9 cm³/mol. The third-order valence-corrected chi connectivity index (χ3v) is 3.94. The molecule has 3 aromatic heterocycles. The minimum atomic E-state index is -0.493. The standard InChI is InChI=1S/C19H14FN3O3/c1-12-18(23-9-3-2-4-17(23)21-12)19(24)25-11-15-10-16(26-22-15)13-5-7-14(20)8-6-13/h2-10H,11H2,1H3. The number of imidazole rings is 1. The van der Waals surface area contributed by atoms with Crippen molar-refractivity contribution >= 4 is 11.6 Å². The molecule has 0 radical (unpaired) electrons. The Hall–Kier alpha value is -3.48. The molecule has 1 aromatic carbocycles. The Labute approximate surface area is 147 Å². The second-order valence-electron chi connectivity index (χ2n) is 5.74. The molecular weight excluding hydrogens is 337 g/mol. The zero-order chi connectivity index (χ0) is 18.1. The summed E-state index contributed by atoms with van der Waals surface area (Å²) < 4.78 is 25.2. The van der Waals surface area contributed by atoms with Crippen LogP contribution in [0.25, 0.3) is 17.0 Å². The number of fused-ring (bicyclic) bond motifs is 1. The minimum absolute atomic E-state index is 0.0387. The molecule has 130 valence electrons. The van der Waals surface area contributed by atoms with Gasteiger partial charge >= 0.3 is 5.97 Å². The number of aryl methyl sites for hydroxylation is 1. The number of hydrogen-bond donors (Lipinski definition) is 0. The van der Waals surface area contributed by atoms with E-state index in [1.165, 1.54) is 12.1 Å². The number of benzene rings is 1. The van der Waals surface area contributed by atoms with Crippen molar-refractivity contribution in [3.8, 4) is 11.3 Å². The Balaban J connectivity index is 1.50. The summed E-state index contributed by atoms with van der Waals surface area (Å²) in [6, 6.07) is 13.0. The molecule has 0 N–H and O–H groups in total. The fourth-order valence-corrected chi connectivity index (χ4v) is 2.70. The van der Waals surface area contributed by atoms with Gasteiger partial charge in [0.2, 0.25) is 0 Å². The number of carbonyl (C=O) groups is 1. The molecule has 0 spiro atoms. The lowest BCUT2D eigenvalue weighted by Crippen LogP contribution is -2.09. The number of hydrogen-bond acceptors (Lipinski definition) is 5. The molecule has 0 saturated heterocycles. The molecule has 0 aliphatic rings. The summed E-state index contributed by atoms with van der Waals surface area (Å²) in [6.45, 7) is 1.72. The van der Waals surface area contributed by atoms with Crippen LogP contribution in [0.2, 0.25) is 0 Å². The van der Waals surface area contributed by atoms with E-state index in [9.17, 15) is 9.18 Å². The van der Waals surface area contributed by atoms with Crippen LogP contribution in [0.1, 0.15) is 21.9 Å². The zero-order valence-electron chi connectivity index (χ0n) is 13.8. The third-order valence-electron chi connectivity index (χ3n) is 3.94. The average Bonchev–Trinajstić information content (AvgIpc) is 3.24. The van der Waals surface area contributed by atoms with Gasteiger partial charge in [0.1, 0.15) is 23.8 Å². The number of ether oxygens (including phenoxy) is 1. The molecule has 0 aliphatic carbocycles. The average molecular weight is 351 g/mol. The summed E-state index contributed by atoms with van der Waals surface area (Å²) in [5.41, 5.74) is 2.80.